The van der Waals surface area contributed by atoms with E-state index in [9.17, 15) is 9.59 Å². The van der Waals surface area contributed by atoms with Crippen molar-refractivity contribution in [1.29, 1.82) is 0 Å². The molecule has 0 heterocycles. The Morgan fingerprint density at radius 2 is 1.62 bits per heavy atom. The van der Waals surface area contributed by atoms with Crippen molar-refractivity contribution in [3.8, 4) is 0 Å². The summed E-state index contributed by atoms with van der Waals surface area (Å²) in [5.41, 5.74) is -0.498. The van der Waals surface area contributed by atoms with Crippen LogP contribution in [-0.2, 0) is 15.0 Å². The Balaban J connectivity index is 2.53. The fraction of sp³-hybridized carbons (Fsp3) is 0.368. The van der Waals surface area contributed by atoms with Crippen molar-refractivity contribution < 1.29 is 9.59 Å². The highest BCUT2D eigenvalue weighted by Crippen LogP contribution is 2.34. The number of carbonyl (C=O) groups is 1. The summed E-state index contributed by atoms with van der Waals surface area (Å²) in [4.78, 5) is 24.0. The minimum absolute atomic E-state index is 0.0706. The monoisotopic (exact) mass is 281 g/mol. The standard InChI is InChI=1S/C19H21O2/c1-18(2,3)17(21)12-19(4,13-20)16-11-7-9-14-8-5-6-10-15(14)16/h5-11H,12H2,1-4H3. The first-order valence-corrected chi connectivity index (χ1v) is 7.19. The maximum atomic E-state index is 12.4. The van der Waals surface area contributed by atoms with E-state index in [1.807, 2.05) is 63.2 Å². The van der Waals surface area contributed by atoms with Gasteiger partial charge < -0.3 is 0 Å². The molecule has 0 bridgehead atoms. The van der Waals surface area contributed by atoms with Gasteiger partial charge in [-0.2, -0.15) is 0 Å². The first kappa shape index (κ1) is 15.4. The van der Waals surface area contributed by atoms with Gasteiger partial charge in [0.1, 0.15) is 5.78 Å². The molecule has 0 fully saturated rings. The quantitative estimate of drug-likeness (QED) is 0.841. The summed E-state index contributed by atoms with van der Waals surface area (Å²) in [6.45, 7) is 7.43. The molecule has 0 saturated heterocycles. The normalized spacial score (nSPS) is 14.7. The van der Waals surface area contributed by atoms with Crippen LogP contribution in [0, 0.1) is 5.41 Å². The van der Waals surface area contributed by atoms with Crippen LogP contribution in [0.2, 0.25) is 0 Å². The number of hydrogen-bond acceptors (Lipinski definition) is 2. The Kier molecular flexibility index (Phi) is 3.99. The second-order valence-corrected chi connectivity index (χ2v) is 6.81. The molecule has 0 aliphatic carbocycles. The summed E-state index contributed by atoms with van der Waals surface area (Å²) in [6.07, 6.45) is 2.29. The molecule has 2 heteroatoms. The van der Waals surface area contributed by atoms with Crippen LogP contribution in [0.5, 0.6) is 0 Å². The zero-order valence-electron chi connectivity index (χ0n) is 13.1. The highest BCUT2D eigenvalue weighted by molar-refractivity contribution is 5.94. The first-order chi connectivity index (χ1) is 9.78. The van der Waals surface area contributed by atoms with E-state index < -0.39 is 10.8 Å². The van der Waals surface area contributed by atoms with Crippen LogP contribution in [0.1, 0.15) is 39.7 Å². The zero-order valence-corrected chi connectivity index (χ0v) is 13.1. The van der Waals surface area contributed by atoms with Crippen molar-refractivity contribution >= 4 is 22.8 Å². The topological polar surface area (TPSA) is 34.1 Å². The van der Waals surface area contributed by atoms with Crippen molar-refractivity contribution in [1.82, 2.24) is 0 Å². The molecule has 2 aromatic carbocycles. The molecule has 0 aliphatic heterocycles. The molecule has 2 nitrogen and oxygen atoms in total. The average molecular weight is 281 g/mol. The highest BCUT2D eigenvalue weighted by Gasteiger charge is 2.35. The third-order valence-corrected chi connectivity index (χ3v) is 3.96. The second-order valence-electron chi connectivity index (χ2n) is 6.81. The van der Waals surface area contributed by atoms with Gasteiger partial charge in [0, 0.05) is 11.8 Å². The predicted molar refractivity (Wildman–Crippen MR) is 86.1 cm³/mol. The highest BCUT2D eigenvalue weighted by atomic mass is 16.1. The number of benzene rings is 2. The number of fused-ring (bicyclic) bond motifs is 1. The zero-order chi connectivity index (χ0) is 15.7. The van der Waals surface area contributed by atoms with Crippen LogP contribution in [-0.4, -0.2) is 12.1 Å². The van der Waals surface area contributed by atoms with E-state index >= 15 is 0 Å². The van der Waals surface area contributed by atoms with Gasteiger partial charge in [0.15, 0.2) is 0 Å². The van der Waals surface area contributed by atoms with Gasteiger partial charge in [0.25, 0.3) is 0 Å². The first-order valence-electron chi connectivity index (χ1n) is 7.19. The van der Waals surface area contributed by atoms with Crippen molar-refractivity contribution in [2.24, 2.45) is 5.41 Å². The third-order valence-electron chi connectivity index (χ3n) is 3.96. The Morgan fingerprint density at radius 3 is 2.24 bits per heavy atom. The van der Waals surface area contributed by atoms with Crippen LogP contribution >= 0.6 is 0 Å². The van der Waals surface area contributed by atoms with Crippen molar-refractivity contribution in [3.05, 3.63) is 48.0 Å². The van der Waals surface area contributed by atoms with Crippen LogP contribution in [0.15, 0.2) is 42.5 Å². The fourth-order valence-electron chi connectivity index (χ4n) is 2.48. The summed E-state index contributed by atoms with van der Waals surface area (Å²) >= 11 is 0. The van der Waals surface area contributed by atoms with Gasteiger partial charge in [-0.15, -0.1) is 0 Å². The van der Waals surface area contributed by atoms with Gasteiger partial charge in [0.2, 0.25) is 6.29 Å². The molecule has 0 amide bonds. The number of carbonyl (C=O) groups excluding carboxylic acids is 2. The molecule has 0 aromatic heterocycles. The Bertz CT molecular complexity index is 674. The van der Waals surface area contributed by atoms with E-state index in [2.05, 4.69) is 6.29 Å². The van der Waals surface area contributed by atoms with Crippen molar-refractivity contribution in [2.45, 2.75) is 39.5 Å². The van der Waals surface area contributed by atoms with Gasteiger partial charge in [-0.1, -0.05) is 63.2 Å². The second kappa shape index (κ2) is 5.44. The summed E-state index contributed by atoms with van der Waals surface area (Å²) in [5, 5.41) is 2.08. The summed E-state index contributed by atoms with van der Waals surface area (Å²) in [7, 11) is 0. The van der Waals surface area contributed by atoms with E-state index in [1.165, 1.54) is 0 Å². The molecular weight excluding hydrogens is 260 g/mol. The summed E-state index contributed by atoms with van der Waals surface area (Å²) < 4.78 is 0. The molecule has 2 aromatic rings. The number of ketones is 1. The van der Waals surface area contributed by atoms with Gasteiger partial charge in [-0.25, -0.2) is 0 Å². The van der Waals surface area contributed by atoms with Gasteiger partial charge >= 0.3 is 0 Å². The molecular formula is C19H21O2. The minimum Gasteiger partial charge on any atom is -0.299 e. The fourth-order valence-corrected chi connectivity index (χ4v) is 2.48. The number of hydrogen-bond donors (Lipinski definition) is 0. The van der Waals surface area contributed by atoms with Crippen molar-refractivity contribution in [2.75, 3.05) is 0 Å². The van der Waals surface area contributed by atoms with E-state index in [0.717, 1.165) is 16.3 Å². The van der Waals surface area contributed by atoms with E-state index in [4.69, 9.17) is 0 Å². The maximum Gasteiger partial charge on any atom is 0.210 e. The minimum atomic E-state index is -0.911. The number of Topliss-reactive ketones (excluding diaryl/α,β-unsaturated/α-hetero) is 1. The number of rotatable bonds is 4. The molecule has 1 unspecified atom stereocenters. The smallest absolute Gasteiger partial charge is 0.210 e. The van der Waals surface area contributed by atoms with Gasteiger partial charge in [0.05, 0.1) is 5.41 Å². The molecule has 2 rings (SSSR count). The van der Waals surface area contributed by atoms with Crippen LogP contribution in [0.4, 0.5) is 0 Å². The largest absolute Gasteiger partial charge is 0.299 e. The third kappa shape index (κ3) is 3.05. The predicted octanol–water partition coefficient (Wildman–Crippen LogP) is 4.21. The van der Waals surface area contributed by atoms with Crippen molar-refractivity contribution in [3.63, 3.8) is 0 Å². The maximum absolute atomic E-state index is 12.4. The molecule has 0 N–H and O–H groups in total. The molecule has 0 aliphatic rings. The summed E-state index contributed by atoms with van der Waals surface area (Å²) in [5.74, 6) is 0.0706. The van der Waals surface area contributed by atoms with E-state index in [-0.39, 0.29) is 12.2 Å². The van der Waals surface area contributed by atoms with E-state index in [1.54, 1.807) is 6.92 Å². The lowest BCUT2D eigenvalue weighted by Crippen LogP contribution is -2.33. The molecule has 1 radical (unpaired) electrons. The van der Waals surface area contributed by atoms with Crippen LogP contribution < -0.4 is 0 Å². The Morgan fingerprint density at radius 1 is 1.00 bits per heavy atom. The Hall–Kier alpha value is -1.96. The van der Waals surface area contributed by atoms with Gasteiger partial charge in [-0.3, -0.25) is 9.59 Å². The molecule has 21 heavy (non-hydrogen) atoms. The summed E-state index contributed by atoms with van der Waals surface area (Å²) in [6, 6.07) is 13.8. The molecule has 109 valence electrons. The van der Waals surface area contributed by atoms with Crippen LogP contribution in [0.25, 0.3) is 10.8 Å². The molecule has 1 atom stereocenters. The van der Waals surface area contributed by atoms with Crippen LogP contribution in [0.3, 0.4) is 0 Å². The van der Waals surface area contributed by atoms with E-state index in [0.29, 0.717) is 0 Å². The van der Waals surface area contributed by atoms with Gasteiger partial charge in [-0.05, 0) is 23.3 Å². The average Bonchev–Trinajstić information content (AvgIpc) is 2.45. The lowest BCUT2D eigenvalue weighted by Gasteiger charge is -2.27. The SMILES string of the molecule is CC(C)(C)C(=O)CC(C)([C]=O)c1cccc2ccccc12. The molecule has 0 spiro atoms. The lowest BCUT2D eigenvalue weighted by atomic mass is 9.73. The molecule has 0 saturated carbocycles. The lowest BCUT2D eigenvalue weighted by molar-refractivity contribution is -0.127. The Labute approximate surface area is 126 Å².